The van der Waals surface area contributed by atoms with Crippen molar-refractivity contribution < 1.29 is 9.53 Å². The van der Waals surface area contributed by atoms with Gasteiger partial charge in [0.25, 0.3) is 0 Å². The monoisotopic (exact) mass is 189 g/mol. The van der Waals surface area contributed by atoms with Crippen LogP contribution in [0.2, 0.25) is 0 Å². The van der Waals surface area contributed by atoms with Crippen molar-refractivity contribution in [3.8, 4) is 18.2 Å². The molecule has 0 saturated heterocycles. The topological polar surface area (TPSA) is 39.2 Å². The number of carbonyl (C=O) groups excluding carboxylic acids is 1. The first-order valence-corrected chi connectivity index (χ1v) is 4.25. The molecule has 0 fully saturated rings. The van der Waals surface area contributed by atoms with Crippen LogP contribution in [-0.2, 0) is 0 Å². The van der Waals surface area contributed by atoms with E-state index in [2.05, 4.69) is 10.9 Å². The van der Waals surface area contributed by atoms with Crippen LogP contribution in [0.1, 0.15) is 23.2 Å². The lowest BCUT2D eigenvalue weighted by atomic mass is 10.1. The zero-order chi connectivity index (χ0) is 10.4. The Hall–Kier alpha value is -1.82. The molecule has 0 spiro atoms. The van der Waals surface area contributed by atoms with E-state index in [-0.39, 0.29) is 5.78 Å². The predicted octanol–water partition coefficient (Wildman–Crippen LogP) is 1.69. The van der Waals surface area contributed by atoms with E-state index in [0.717, 1.165) is 0 Å². The van der Waals surface area contributed by atoms with Gasteiger partial charge in [0.2, 0.25) is 5.88 Å². The number of hydrogen-bond acceptors (Lipinski definition) is 3. The number of terminal acetylenes is 1. The summed E-state index contributed by atoms with van der Waals surface area (Å²) in [6.45, 7) is 0. The van der Waals surface area contributed by atoms with E-state index < -0.39 is 0 Å². The van der Waals surface area contributed by atoms with Crippen molar-refractivity contribution >= 4 is 5.78 Å². The van der Waals surface area contributed by atoms with Gasteiger partial charge in [-0.25, -0.2) is 4.98 Å². The van der Waals surface area contributed by atoms with Gasteiger partial charge in [0.15, 0.2) is 5.78 Å². The number of ether oxygens (including phenoxy) is 1. The van der Waals surface area contributed by atoms with E-state index in [4.69, 9.17) is 11.2 Å². The molecule has 1 heterocycles. The molecule has 0 atom stereocenters. The van der Waals surface area contributed by atoms with Gasteiger partial charge in [-0.15, -0.1) is 12.3 Å². The molecule has 14 heavy (non-hydrogen) atoms. The zero-order valence-electron chi connectivity index (χ0n) is 7.99. The first kappa shape index (κ1) is 10.3. The number of pyridine rings is 1. The summed E-state index contributed by atoms with van der Waals surface area (Å²) < 4.78 is 4.96. The van der Waals surface area contributed by atoms with Gasteiger partial charge in [0.1, 0.15) is 0 Å². The van der Waals surface area contributed by atoms with E-state index in [9.17, 15) is 4.79 Å². The Labute approximate surface area is 83.1 Å². The Kier molecular flexibility index (Phi) is 3.69. The van der Waals surface area contributed by atoms with E-state index in [1.807, 2.05) is 0 Å². The van der Waals surface area contributed by atoms with Gasteiger partial charge in [0.05, 0.1) is 12.7 Å². The summed E-state index contributed by atoms with van der Waals surface area (Å²) in [4.78, 5) is 15.5. The molecule has 0 radical (unpaired) electrons. The second kappa shape index (κ2) is 5.03. The van der Waals surface area contributed by atoms with Crippen molar-refractivity contribution in [2.75, 3.05) is 7.11 Å². The lowest BCUT2D eigenvalue weighted by Crippen LogP contribution is -2.02. The zero-order valence-corrected chi connectivity index (χ0v) is 7.99. The molecule has 0 bridgehead atoms. The number of ketones is 1. The molecule has 0 N–H and O–H groups in total. The molecule has 0 amide bonds. The summed E-state index contributed by atoms with van der Waals surface area (Å²) in [6.07, 6.45) is 7.43. The normalized spacial score (nSPS) is 9.14. The Morgan fingerprint density at radius 1 is 1.71 bits per heavy atom. The predicted molar refractivity (Wildman–Crippen MR) is 53.2 cm³/mol. The summed E-state index contributed by atoms with van der Waals surface area (Å²) in [5, 5.41) is 0. The largest absolute Gasteiger partial charge is 0.480 e. The minimum Gasteiger partial charge on any atom is -0.480 e. The molecule has 3 heteroatoms. The minimum absolute atomic E-state index is 0.0344. The fourth-order valence-electron chi connectivity index (χ4n) is 1.09. The van der Waals surface area contributed by atoms with Crippen molar-refractivity contribution in [2.45, 2.75) is 12.8 Å². The van der Waals surface area contributed by atoms with Crippen LogP contribution in [0.25, 0.3) is 0 Å². The standard InChI is InChI=1S/C11H11NO2/c1-3-4-7-10(13)9-6-5-8-12-11(9)14-2/h1,5-6,8H,4,7H2,2H3. The number of carbonyl (C=O) groups is 1. The fourth-order valence-corrected chi connectivity index (χ4v) is 1.09. The molecule has 0 aliphatic rings. The van der Waals surface area contributed by atoms with E-state index >= 15 is 0 Å². The van der Waals surface area contributed by atoms with Crippen LogP contribution in [0.4, 0.5) is 0 Å². The molecule has 1 aromatic rings. The van der Waals surface area contributed by atoms with Gasteiger partial charge in [-0.3, -0.25) is 4.79 Å². The Balaban J connectivity index is 2.84. The van der Waals surface area contributed by atoms with Gasteiger partial charge >= 0.3 is 0 Å². The second-order valence-electron chi connectivity index (χ2n) is 2.69. The summed E-state index contributed by atoms with van der Waals surface area (Å²) in [7, 11) is 1.49. The minimum atomic E-state index is -0.0344. The summed E-state index contributed by atoms with van der Waals surface area (Å²) in [6, 6.07) is 3.39. The summed E-state index contributed by atoms with van der Waals surface area (Å²) in [5.74, 6) is 2.75. The average Bonchev–Trinajstić information content (AvgIpc) is 2.25. The van der Waals surface area contributed by atoms with Gasteiger partial charge in [0, 0.05) is 19.0 Å². The molecule has 72 valence electrons. The van der Waals surface area contributed by atoms with Gasteiger partial charge in [-0.1, -0.05) is 0 Å². The van der Waals surface area contributed by atoms with Crippen LogP contribution in [0.15, 0.2) is 18.3 Å². The molecule has 0 aliphatic carbocycles. The Morgan fingerprint density at radius 2 is 2.50 bits per heavy atom. The first-order valence-electron chi connectivity index (χ1n) is 4.25. The molecular formula is C11H11NO2. The van der Waals surface area contributed by atoms with E-state index in [0.29, 0.717) is 24.3 Å². The van der Waals surface area contributed by atoms with Crippen LogP contribution in [0.3, 0.4) is 0 Å². The number of methoxy groups -OCH3 is 1. The third-order valence-electron chi connectivity index (χ3n) is 1.76. The van der Waals surface area contributed by atoms with E-state index in [1.54, 1.807) is 18.3 Å². The molecule has 0 unspecified atom stereocenters. The lowest BCUT2D eigenvalue weighted by molar-refractivity contribution is 0.0980. The van der Waals surface area contributed by atoms with Crippen LogP contribution in [0, 0.1) is 12.3 Å². The molecule has 0 saturated carbocycles. The third kappa shape index (κ3) is 2.33. The highest BCUT2D eigenvalue weighted by Gasteiger charge is 2.11. The third-order valence-corrected chi connectivity index (χ3v) is 1.76. The van der Waals surface area contributed by atoms with Crippen LogP contribution in [0.5, 0.6) is 5.88 Å². The highest BCUT2D eigenvalue weighted by atomic mass is 16.5. The maximum absolute atomic E-state index is 11.6. The molecule has 1 rings (SSSR count). The summed E-state index contributed by atoms with van der Waals surface area (Å²) >= 11 is 0. The second-order valence-corrected chi connectivity index (χ2v) is 2.69. The van der Waals surface area contributed by atoms with Crippen molar-refractivity contribution in [1.82, 2.24) is 4.98 Å². The van der Waals surface area contributed by atoms with Crippen LogP contribution in [-0.4, -0.2) is 17.9 Å². The Bertz CT molecular complexity index is 366. The molecule has 1 aromatic heterocycles. The van der Waals surface area contributed by atoms with Crippen molar-refractivity contribution in [3.63, 3.8) is 0 Å². The van der Waals surface area contributed by atoms with Crippen molar-refractivity contribution in [3.05, 3.63) is 23.9 Å². The van der Waals surface area contributed by atoms with Crippen molar-refractivity contribution in [2.24, 2.45) is 0 Å². The molecular weight excluding hydrogens is 178 g/mol. The highest BCUT2D eigenvalue weighted by Crippen LogP contribution is 2.15. The first-order chi connectivity index (χ1) is 6.79. The smallest absolute Gasteiger partial charge is 0.224 e. The number of nitrogens with zero attached hydrogens (tertiary/aromatic N) is 1. The fraction of sp³-hybridized carbons (Fsp3) is 0.273. The number of aromatic nitrogens is 1. The Morgan fingerprint density at radius 3 is 3.14 bits per heavy atom. The SMILES string of the molecule is C#CCCC(=O)c1cccnc1OC. The number of Topliss-reactive ketones (excluding diaryl/α,β-unsaturated/α-hetero) is 1. The molecule has 0 aliphatic heterocycles. The van der Waals surface area contributed by atoms with Crippen LogP contribution >= 0.6 is 0 Å². The van der Waals surface area contributed by atoms with E-state index in [1.165, 1.54) is 7.11 Å². The summed E-state index contributed by atoms with van der Waals surface area (Å²) in [5.41, 5.74) is 0.491. The number of rotatable bonds is 4. The maximum Gasteiger partial charge on any atom is 0.224 e. The number of hydrogen-bond donors (Lipinski definition) is 0. The van der Waals surface area contributed by atoms with Gasteiger partial charge < -0.3 is 4.74 Å². The molecule has 0 aromatic carbocycles. The lowest BCUT2D eigenvalue weighted by Gasteiger charge is -2.04. The van der Waals surface area contributed by atoms with Gasteiger partial charge in [-0.2, -0.15) is 0 Å². The van der Waals surface area contributed by atoms with Crippen molar-refractivity contribution in [1.29, 1.82) is 0 Å². The van der Waals surface area contributed by atoms with Crippen LogP contribution < -0.4 is 4.74 Å². The average molecular weight is 189 g/mol. The molecule has 3 nitrogen and oxygen atoms in total. The van der Waals surface area contributed by atoms with Gasteiger partial charge in [-0.05, 0) is 12.1 Å². The maximum atomic E-state index is 11.6. The quantitative estimate of drug-likeness (QED) is 0.534. The highest BCUT2D eigenvalue weighted by molar-refractivity contribution is 5.98.